The highest BCUT2D eigenvalue weighted by Crippen LogP contribution is 2.42. The van der Waals surface area contributed by atoms with Crippen molar-refractivity contribution in [3.05, 3.63) is 42.6 Å². The van der Waals surface area contributed by atoms with Crippen LogP contribution in [0.1, 0.15) is 5.56 Å². The molecule has 0 unspecified atom stereocenters. The second-order valence-electron chi connectivity index (χ2n) is 6.65. The third-order valence-electron chi connectivity index (χ3n) is 5.01. The lowest BCUT2D eigenvalue weighted by molar-refractivity contribution is 0.0660. The van der Waals surface area contributed by atoms with Gasteiger partial charge in [-0.1, -0.05) is 6.07 Å². The van der Waals surface area contributed by atoms with Crippen molar-refractivity contribution in [3.8, 4) is 0 Å². The molecule has 0 amide bonds. The van der Waals surface area contributed by atoms with Crippen LogP contribution in [0.2, 0.25) is 0 Å². The summed E-state index contributed by atoms with van der Waals surface area (Å²) < 4.78 is 13.2. The first-order chi connectivity index (χ1) is 11.3. The fraction of sp³-hybridized carbons (Fsp3) is 0.529. The SMILES string of the molecule is COC[C@@]12COC[C@@H]1CN(c1ccc(Cn3ccnc3)cn1)C2. The summed E-state index contributed by atoms with van der Waals surface area (Å²) in [7, 11) is 1.77. The van der Waals surface area contributed by atoms with Crippen LogP contribution < -0.4 is 4.90 Å². The fourth-order valence-corrected chi connectivity index (χ4v) is 3.79. The van der Waals surface area contributed by atoms with Crippen molar-refractivity contribution in [2.75, 3.05) is 44.9 Å². The van der Waals surface area contributed by atoms with E-state index in [0.29, 0.717) is 5.92 Å². The van der Waals surface area contributed by atoms with E-state index in [1.807, 2.05) is 23.3 Å². The maximum atomic E-state index is 5.69. The highest BCUT2D eigenvalue weighted by Gasteiger charge is 2.51. The van der Waals surface area contributed by atoms with Crippen molar-refractivity contribution in [1.82, 2.24) is 14.5 Å². The minimum atomic E-state index is 0.131. The van der Waals surface area contributed by atoms with Crippen LogP contribution in [0.3, 0.4) is 0 Å². The zero-order chi connectivity index (χ0) is 15.7. The first-order valence-corrected chi connectivity index (χ1v) is 8.01. The molecule has 4 heterocycles. The number of hydrogen-bond acceptors (Lipinski definition) is 5. The molecule has 2 aliphatic heterocycles. The smallest absolute Gasteiger partial charge is 0.128 e. The summed E-state index contributed by atoms with van der Waals surface area (Å²) in [6.45, 7) is 5.14. The van der Waals surface area contributed by atoms with Crippen LogP contribution in [0.25, 0.3) is 0 Å². The summed E-state index contributed by atoms with van der Waals surface area (Å²) in [5, 5.41) is 0. The maximum absolute atomic E-state index is 5.69. The molecule has 2 saturated heterocycles. The Hall–Kier alpha value is -1.92. The van der Waals surface area contributed by atoms with Crippen LogP contribution in [-0.2, 0) is 16.0 Å². The summed E-state index contributed by atoms with van der Waals surface area (Å²) in [4.78, 5) is 11.1. The van der Waals surface area contributed by atoms with Gasteiger partial charge in [-0.2, -0.15) is 0 Å². The molecule has 0 saturated carbocycles. The number of imidazole rings is 1. The third kappa shape index (κ3) is 2.72. The van der Waals surface area contributed by atoms with Gasteiger partial charge in [-0.25, -0.2) is 9.97 Å². The van der Waals surface area contributed by atoms with E-state index < -0.39 is 0 Å². The van der Waals surface area contributed by atoms with E-state index in [4.69, 9.17) is 9.47 Å². The molecule has 2 aromatic rings. The molecule has 23 heavy (non-hydrogen) atoms. The fourth-order valence-electron chi connectivity index (χ4n) is 3.79. The Bertz CT molecular complexity index is 643. The molecule has 0 bridgehead atoms. The van der Waals surface area contributed by atoms with E-state index in [1.54, 1.807) is 13.3 Å². The number of aromatic nitrogens is 3. The summed E-state index contributed by atoms with van der Waals surface area (Å²) in [6.07, 6.45) is 7.54. The molecule has 122 valence electrons. The van der Waals surface area contributed by atoms with E-state index in [2.05, 4.69) is 27.0 Å². The third-order valence-corrected chi connectivity index (χ3v) is 5.01. The van der Waals surface area contributed by atoms with Gasteiger partial charge >= 0.3 is 0 Å². The zero-order valence-electron chi connectivity index (χ0n) is 13.4. The normalized spacial score (nSPS) is 26.7. The number of methoxy groups -OCH3 is 1. The van der Waals surface area contributed by atoms with Crippen LogP contribution in [0.5, 0.6) is 0 Å². The highest BCUT2D eigenvalue weighted by molar-refractivity contribution is 5.42. The Morgan fingerprint density at radius 3 is 3.13 bits per heavy atom. The monoisotopic (exact) mass is 314 g/mol. The van der Waals surface area contributed by atoms with Crippen LogP contribution in [0, 0.1) is 11.3 Å². The Morgan fingerprint density at radius 2 is 2.39 bits per heavy atom. The van der Waals surface area contributed by atoms with Crippen LogP contribution >= 0.6 is 0 Å². The molecule has 2 aliphatic rings. The Labute approximate surface area is 136 Å². The van der Waals surface area contributed by atoms with Gasteiger partial charge < -0.3 is 18.9 Å². The molecule has 0 aromatic carbocycles. The molecule has 6 nitrogen and oxygen atoms in total. The van der Waals surface area contributed by atoms with Gasteiger partial charge in [-0.3, -0.25) is 0 Å². The minimum absolute atomic E-state index is 0.131. The van der Waals surface area contributed by atoms with Gasteiger partial charge in [-0.05, 0) is 11.6 Å². The van der Waals surface area contributed by atoms with E-state index in [0.717, 1.165) is 45.3 Å². The van der Waals surface area contributed by atoms with Crippen molar-refractivity contribution in [3.63, 3.8) is 0 Å². The molecular formula is C17H22N4O2. The standard InChI is InChI=1S/C17H22N4O2/c1-22-11-17-10-21(8-15(17)9-23-12-17)16-3-2-14(6-19-16)7-20-5-4-18-13-20/h2-6,13,15H,7-12H2,1H3/t15-,17-/m0/s1. The minimum Gasteiger partial charge on any atom is -0.384 e. The summed E-state index contributed by atoms with van der Waals surface area (Å²) in [5.74, 6) is 1.58. The molecule has 0 aliphatic carbocycles. The number of nitrogens with zero attached hydrogens (tertiary/aromatic N) is 4. The average Bonchev–Trinajstić information content (AvgIpc) is 3.24. The molecule has 0 radical (unpaired) electrons. The number of fused-ring (bicyclic) bond motifs is 1. The Kier molecular flexibility index (Phi) is 3.79. The highest BCUT2D eigenvalue weighted by atomic mass is 16.5. The lowest BCUT2D eigenvalue weighted by Crippen LogP contribution is -2.35. The second-order valence-corrected chi connectivity index (χ2v) is 6.65. The summed E-state index contributed by atoms with van der Waals surface area (Å²) in [6, 6.07) is 4.27. The van der Waals surface area contributed by atoms with E-state index in [9.17, 15) is 0 Å². The van der Waals surface area contributed by atoms with Crippen molar-refractivity contribution in [1.29, 1.82) is 0 Å². The predicted octanol–water partition coefficient (Wildman–Crippen LogP) is 1.43. The molecule has 6 heteroatoms. The molecule has 2 fully saturated rings. The van der Waals surface area contributed by atoms with Crippen LogP contribution in [0.4, 0.5) is 5.82 Å². The number of pyridine rings is 1. The molecule has 0 N–H and O–H groups in total. The Morgan fingerprint density at radius 1 is 1.43 bits per heavy atom. The van der Waals surface area contributed by atoms with Crippen molar-refractivity contribution in [2.45, 2.75) is 6.54 Å². The summed E-state index contributed by atoms with van der Waals surface area (Å²) >= 11 is 0. The van der Waals surface area contributed by atoms with Crippen LogP contribution in [0.15, 0.2) is 37.1 Å². The molecular weight excluding hydrogens is 292 g/mol. The molecule has 4 rings (SSSR count). The van der Waals surface area contributed by atoms with Gasteiger partial charge in [0, 0.05) is 56.7 Å². The van der Waals surface area contributed by atoms with E-state index in [1.165, 1.54) is 5.56 Å². The van der Waals surface area contributed by atoms with Crippen molar-refractivity contribution >= 4 is 5.82 Å². The molecule has 2 atom stereocenters. The quantitative estimate of drug-likeness (QED) is 0.835. The van der Waals surface area contributed by atoms with E-state index >= 15 is 0 Å². The summed E-state index contributed by atoms with van der Waals surface area (Å²) in [5.41, 5.74) is 1.31. The number of rotatable bonds is 5. The zero-order valence-corrected chi connectivity index (χ0v) is 13.4. The molecule has 0 spiro atoms. The van der Waals surface area contributed by atoms with Crippen molar-refractivity contribution in [2.24, 2.45) is 11.3 Å². The van der Waals surface area contributed by atoms with E-state index in [-0.39, 0.29) is 5.41 Å². The van der Waals surface area contributed by atoms with Gasteiger partial charge in [0.15, 0.2) is 0 Å². The topological polar surface area (TPSA) is 52.4 Å². The maximum Gasteiger partial charge on any atom is 0.128 e. The first-order valence-electron chi connectivity index (χ1n) is 8.01. The van der Waals surface area contributed by atoms with Crippen LogP contribution in [-0.4, -0.2) is 54.6 Å². The average molecular weight is 314 g/mol. The number of ether oxygens (including phenoxy) is 2. The lowest BCUT2D eigenvalue weighted by Gasteiger charge is -2.26. The first kappa shape index (κ1) is 14.7. The number of anilines is 1. The Balaban J connectivity index is 1.47. The largest absolute Gasteiger partial charge is 0.384 e. The number of hydrogen-bond donors (Lipinski definition) is 0. The van der Waals surface area contributed by atoms with Gasteiger partial charge in [0.25, 0.3) is 0 Å². The van der Waals surface area contributed by atoms with Gasteiger partial charge in [0.2, 0.25) is 0 Å². The lowest BCUT2D eigenvalue weighted by atomic mass is 9.82. The molecule has 2 aromatic heterocycles. The van der Waals surface area contributed by atoms with Gasteiger partial charge in [0.1, 0.15) is 5.82 Å². The van der Waals surface area contributed by atoms with Gasteiger partial charge in [-0.15, -0.1) is 0 Å². The van der Waals surface area contributed by atoms with Gasteiger partial charge in [0.05, 0.1) is 26.1 Å². The van der Waals surface area contributed by atoms with Crippen molar-refractivity contribution < 1.29 is 9.47 Å². The predicted molar refractivity (Wildman–Crippen MR) is 86.4 cm³/mol. The second kappa shape index (κ2) is 5.94.